The molecular weight excluding hydrogens is 382 g/mol. The Hall–Kier alpha value is -2.61. The van der Waals surface area contributed by atoms with Crippen molar-refractivity contribution < 1.29 is 9.59 Å². The Morgan fingerprint density at radius 1 is 0.833 bits per heavy atom. The van der Waals surface area contributed by atoms with Crippen molar-refractivity contribution in [2.75, 3.05) is 45.8 Å². The highest BCUT2D eigenvalue weighted by Crippen LogP contribution is 2.13. The van der Waals surface area contributed by atoms with Gasteiger partial charge in [0.1, 0.15) is 0 Å². The van der Waals surface area contributed by atoms with Crippen LogP contribution in [0.15, 0.2) is 29.1 Å². The van der Waals surface area contributed by atoms with Crippen LogP contribution in [-0.2, 0) is 23.2 Å². The number of amides is 2. The number of piperidine rings is 1. The molecular formula is C22H31N5O3. The lowest BCUT2D eigenvalue weighted by Crippen LogP contribution is -2.52. The molecule has 1 aromatic heterocycles. The number of aryl methyl sites for hydroxylation is 2. The SMILES string of the molecule is Cn1c(=O)n(CCC(=O)N2CCN(CC(=O)N3CCCCC3)CC2)c2ccccc21. The summed E-state index contributed by atoms with van der Waals surface area (Å²) in [5, 5.41) is 0. The molecule has 0 saturated carbocycles. The molecule has 4 rings (SSSR count). The molecule has 2 amide bonds. The summed E-state index contributed by atoms with van der Waals surface area (Å²) >= 11 is 0. The first kappa shape index (κ1) is 20.7. The predicted molar refractivity (Wildman–Crippen MR) is 115 cm³/mol. The second-order valence-electron chi connectivity index (χ2n) is 8.33. The van der Waals surface area contributed by atoms with Crippen molar-refractivity contribution in [3.8, 4) is 0 Å². The van der Waals surface area contributed by atoms with Crippen LogP contribution in [0.5, 0.6) is 0 Å². The zero-order chi connectivity index (χ0) is 21.1. The van der Waals surface area contributed by atoms with Crippen molar-refractivity contribution in [1.82, 2.24) is 23.8 Å². The Labute approximate surface area is 176 Å². The lowest BCUT2D eigenvalue weighted by atomic mass is 10.1. The standard InChI is InChI=1S/C22H31N5O3/c1-23-18-7-3-4-8-19(18)27(22(23)30)12-9-20(28)26-15-13-24(14-16-26)17-21(29)25-10-5-2-6-11-25/h3-4,7-8H,2,5-6,9-17H2,1H3. The van der Waals surface area contributed by atoms with E-state index in [9.17, 15) is 14.4 Å². The third-order valence-corrected chi connectivity index (χ3v) is 6.39. The largest absolute Gasteiger partial charge is 0.342 e. The van der Waals surface area contributed by atoms with Crippen LogP contribution >= 0.6 is 0 Å². The molecule has 0 N–H and O–H groups in total. The highest BCUT2D eigenvalue weighted by molar-refractivity contribution is 5.79. The van der Waals surface area contributed by atoms with Gasteiger partial charge < -0.3 is 9.80 Å². The van der Waals surface area contributed by atoms with Crippen molar-refractivity contribution in [2.24, 2.45) is 7.05 Å². The van der Waals surface area contributed by atoms with E-state index < -0.39 is 0 Å². The number of fused-ring (bicyclic) bond motifs is 1. The minimum atomic E-state index is -0.0926. The van der Waals surface area contributed by atoms with Crippen LogP contribution in [0, 0.1) is 0 Å². The van der Waals surface area contributed by atoms with E-state index in [1.807, 2.05) is 34.1 Å². The maximum absolute atomic E-state index is 12.7. The van der Waals surface area contributed by atoms with Gasteiger partial charge in [-0.1, -0.05) is 12.1 Å². The van der Waals surface area contributed by atoms with E-state index in [4.69, 9.17) is 0 Å². The lowest BCUT2D eigenvalue weighted by molar-refractivity contribution is -0.135. The number of benzene rings is 1. The molecule has 0 unspecified atom stereocenters. The molecule has 2 aliphatic heterocycles. The molecule has 2 aliphatic rings. The number of hydrogen-bond donors (Lipinski definition) is 0. The van der Waals surface area contributed by atoms with E-state index in [0.717, 1.165) is 50.1 Å². The average molecular weight is 414 g/mol. The van der Waals surface area contributed by atoms with Gasteiger partial charge in [-0.15, -0.1) is 0 Å². The number of carbonyl (C=O) groups excluding carboxylic acids is 2. The van der Waals surface area contributed by atoms with E-state index >= 15 is 0 Å². The minimum Gasteiger partial charge on any atom is -0.342 e. The zero-order valence-electron chi connectivity index (χ0n) is 17.8. The lowest BCUT2D eigenvalue weighted by Gasteiger charge is -2.36. The summed E-state index contributed by atoms with van der Waals surface area (Å²) in [4.78, 5) is 43.7. The van der Waals surface area contributed by atoms with E-state index in [2.05, 4.69) is 4.90 Å². The highest BCUT2D eigenvalue weighted by atomic mass is 16.2. The Bertz CT molecular complexity index is 965. The third kappa shape index (κ3) is 4.28. The first-order valence-electron chi connectivity index (χ1n) is 11.0. The summed E-state index contributed by atoms with van der Waals surface area (Å²) in [6.07, 6.45) is 3.73. The van der Waals surface area contributed by atoms with Gasteiger partial charge in [0.25, 0.3) is 0 Å². The molecule has 1 aromatic carbocycles. The number of imidazole rings is 1. The van der Waals surface area contributed by atoms with Crippen molar-refractivity contribution in [3.05, 3.63) is 34.7 Å². The summed E-state index contributed by atoms with van der Waals surface area (Å²) in [7, 11) is 1.76. The second-order valence-corrected chi connectivity index (χ2v) is 8.33. The molecule has 8 nitrogen and oxygen atoms in total. The van der Waals surface area contributed by atoms with Crippen LogP contribution in [-0.4, -0.2) is 81.5 Å². The third-order valence-electron chi connectivity index (χ3n) is 6.39. The Balaban J connectivity index is 1.27. The molecule has 0 aliphatic carbocycles. The average Bonchev–Trinajstić information content (AvgIpc) is 3.03. The van der Waals surface area contributed by atoms with Crippen molar-refractivity contribution in [1.29, 1.82) is 0 Å². The minimum absolute atomic E-state index is 0.0665. The fourth-order valence-electron chi connectivity index (χ4n) is 4.53. The van der Waals surface area contributed by atoms with E-state index in [1.54, 1.807) is 16.2 Å². The Kier molecular flexibility index (Phi) is 6.22. The molecule has 0 spiro atoms. The van der Waals surface area contributed by atoms with Gasteiger partial charge in [-0.3, -0.25) is 23.6 Å². The number of para-hydroxylation sites is 2. The molecule has 2 fully saturated rings. The Morgan fingerprint density at radius 2 is 1.47 bits per heavy atom. The number of carbonyl (C=O) groups is 2. The second kappa shape index (κ2) is 9.04. The number of piperazine rings is 1. The quantitative estimate of drug-likeness (QED) is 0.730. The molecule has 2 saturated heterocycles. The fourth-order valence-corrected chi connectivity index (χ4v) is 4.53. The van der Waals surface area contributed by atoms with Crippen LogP contribution in [0.25, 0.3) is 11.0 Å². The summed E-state index contributed by atoms with van der Waals surface area (Å²) in [5.41, 5.74) is 1.64. The molecule has 3 heterocycles. The van der Waals surface area contributed by atoms with Crippen LogP contribution in [0.4, 0.5) is 0 Å². The number of rotatable bonds is 5. The van der Waals surface area contributed by atoms with Crippen LogP contribution in [0.2, 0.25) is 0 Å². The van der Waals surface area contributed by atoms with Gasteiger partial charge in [0.05, 0.1) is 17.6 Å². The number of likely N-dealkylation sites (tertiary alicyclic amines) is 1. The Morgan fingerprint density at radius 3 is 2.17 bits per heavy atom. The molecule has 162 valence electrons. The van der Waals surface area contributed by atoms with Crippen LogP contribution in [0.1, 0.15) is 25.7 Å². The van der Waals surface area contributed by atoms with Crippen molar-refractivity contribution in [3.63, 3.8) is 0 Å². The molecule has 0 atom stereocenters. The first-order chi connectivity index (χ1) is 14.5. The maximum atomic E-state index is 12.7. The van der Waals surface area contributed by atoms with Crippen LogP contribution < -0.4 is 5.69 Å². The molecule has 8 heteroatoms. The first-order valence-corrected chi connectivity index (χ1v) is 11.0. The molecule has 2 aromatic rings. The number of nitrogens with zero attached hydrogens (tertiary/aromatic N) is 5. The van der Waals surface area contributed by atoms with Gasteiger partial charge in [-0.25, -0.2) is 4.79 Å². The topological polar surface area (TPSA) is 70.8 Å². The van der Waals surface area contributed by atoms with Gasteiger partial charge in [0, 0.05) is 59.3 Å². The smallest absolute Gasteiger partial charge is 0.328 e. The summed E-state index contributed by atoms with van der Waals surface area (Å²) in [6.45, 7) is 5.31. The van der Waals surface area contributed by atoms with Crippen LogP contribution in [0.3, 0.4) is 0 Å². The van der Waals surface area contributed by atoms with Gasteiger partial charge in [0.2, 0.25) is 11.8 Å². The molecule has 30 heavy (non-hydrogen) atoms. The van der Waals surface area contributed by atoms with Gasteiger partial charge in [0.15, 0.2) is 0 Å². The zero-order valence-corrected chi connectivity index (χ0v) is 17.8. The maximum Gasteiger partial charge on any atom is 0.328 e. The monoisotopic (exact) mass is 413 g/mol. The van der Waals surface area contributed by atoms with Gasteiger partial charge in [-0.2, -0.15) is 0 Å². The fraction of sp³-hybridized carbons (Fsp3) is 0.591. The van der Waals surface area contributed by atoms with Crippen molar-refractivity contribution >= 4 is 22.8 Å². The normalized spacial score (nSPS) is 18.2. The predicted octanol–water partition coefficient (Wildman–Crippen LogP) is 0.887. The highest BCUT2D eigenvalue weighted by Gasteiger charge is 2.25. The van der Waals surface area contributed by atoms with E-state index in [1.165, 1.54) is 6.42 Å². The van der Waals surface area contributed by atoms with Gasteiger partial charge >= 0.3 is 5.69 Å². The summed E-state index contributed by atoms with van der Waals surface area (Å²) in [5.74, 6) is 0.279. The number of hydrogen-bond acceptors (Lipinski definition) is 4. The number of aromatic nitrogens is 2. The molecule has 0 radical (unpaired) electrons. The van der Waals surface area contributed by atoms with Gasteiger partial charge in [-0.05, 0) is 31.4 Å². The van der Waals surface area contributed by atoms with E-state index in [-0.39, 0.29) is 17.5 Å². The molecule has 0 bridgehead atoms. The summed E-state index contributed by atoms with van der Waals surface area (Å²) < 4.78 is 3.30. The van der Waals surface area contributed by atoms with Crippen molar-refractivity contribution in [2.45, 2.75) is 32.2 Å². The summed E-state index contributed by atoms with van der Waals surface area (Å²) in [6, 6.07) is 7.65. The van der Waals surface area contributed by atoms with E-state index in [0.29, 0.717) is 32.6 Å².